The van der Waals surface area contributed by atoms with E-state index < -0.39 is 29.4 Å². The SMILES string of the molecule is C.C.CC(=O)c1cc(CC(=O)c2cc(CC(=O)c3nc(CC(=O)c4cc(NC(=O)OC(C)(C)C)cn4C)cn3C)cn2C)cn1C.Cn1cc(CC(=O)c2cc(CC(=O)c3nc(CC(=O)c4cc(NC(=O)OC(C)(C)C)cn4C)cn3C)cn2C)cc1C(=O)O. The van der Waals surface area contributed by atoms with Crippen LogP contribution < -0.4 is 10.6 Å². The van der Waals surface area contributed by atoms with Crippen molar-refractivity contribution in [3.05, 3.63) is 165 Å². The summed E-state index contributed by atoms with van der Waals surface area (Å²) >= 11 is 0. The summed E-state index contributed by atoms with van der Waals surface area (Å²) in [6.07, 6.45) is 12.1. The highest BCUT2D eigenvalue weighted by atomic mass is 16.6. The lowest BCUT2D eigenvalue weighted by molar-refractivity contribution is 0.0624. The molecule has 8 heterocycles. The number of aromatic carboxylic acids is 1. The Kier molecular flexibility index (Phi) is 22.2. The summed E-state index contributed by atoms with van der Waals surface area (Å²) in [6.45, 7) is 12.0. The van der Waals surface area contributed by atoms with E-state index in [1.165, 1.54) is 17.6 Å². The Labute approximate surface area is 522 Å². The maximum atomic E-state index is 13.2. The van der Waals surface area contributed by atoms with Gasteiger partial charge in [-0.1, -0.05) is 14.9 Å². The average molecular weight is 1240 g/mol. The molecule has 8 aromatic heterocycles. The van der Waals surface area contributed by atoms with Crippen LogP contribution in [0.15, 0.2) is 86.0 Å². The number of rotatable bonds is 22. The van der Waals surface area contributed by atoms with Crippen molar-refractivity contribution in [3.63, 3.8) is 0 Å². The van der Waals surface area contributed by atoms with Gasteiger partial charge in [-0.3, -0.25) is 44.2 Å². The molecule has 8 aromatic rings. The summed E-state index contributed by atoms with van der Waals surface area (Å²) in [7, 11) is 13.6. The third-order valence-corrected chi connectivity index (χ3v) is 13.8. The van der Waals surface area contributed by atoms with Gasteiger partial charge in [-0.05, 0) is 100 Å². The number of ether oxygens (including phenoxy) is 2. The molecule has 8 rings (SSSR count). The maximum Gasteiger partial charge on any atom is 0.412 e. The van der Waals surface area contributed by atoms with Gasteiger partial charge in [0.05, 0.1) is 64.1 Å². The molecule has 0 radical (unpaired) electrons. The number of imidazole rings is 2. The Hall–Kier alpha value is -10.2. The number of carbonyl (C=O) groups excluding carboxylic acids is 9. The molecule has 0 bridgehead atoms. The molecule has 25 nitrogen and oxygen atoms in total. The van der Waals surface area contributed by atoms with E-state index in [9.17, 15) is 53.1 Å². The number of aromatic nitrogens is 10. The van der Waals surface area contributed by atoms with Gasteiger partial charge < -0.3 is 51.1 Å². The fourth-order valence-corrected chi connectivity index (χ4v) is 10.0. The lowest BCUT2D eigenvalue weighted by atomic mass is 10.1. The first-order chi connectivity index (χ1) is 41.0. The first kappa shape index (κ1) is 70.6. The van der Waals surface area contributed by atoms with Crippen molar-refractivity contribution in [1.29, 1.82) is 0 Å². The zero-order valence-corrected chi connectivity index (χ0v) is 52.1. The van der Waals surface area contributed by atoms with Crippen LogP contribution in [0.25, 0.3) is 0 Å². The summed E-state index contributed by atoms with van der Waals surface area (Å²) in [5, 5.41) is 14.5. The zero-order chi connectivity index (χ0) is 65.0. The minimum Gasteiger partial charge on any atom is -0.477 e. The molecular formula is C65H82N12O13. The number of carbonyl (C=O) groups is 10. The maximum absolute atomic E-state index is 13.2. The summed E-state index contributed by atoms with van der Waals surface area (Å²) in [4.78, 5) is 135. The van der Waals surface area contributed by atoms with Crippen molar-refractivity contribution in [2.45, 2.75) is 113 Å². The standard InChI is InChI=1S/C32H38N6O6.C31H36N6O7.2CH4/c1-19(39)24-9-20(15-35(24)5)11-27(40)25-10-21(16-36(25)6)12-29(42)30-33-23(18-38(30)8)14-28(41)26-13-22(17-37(26)7)34-31(43)44-32(2,3)4;1-31(2,3)44-30(43)33-20-12-23(36(6)16-20)26(39)13-21-17-37(7)28(32-21)27(40)11-18-8-22(34(4)14-18)25(38)10-19-9-24(29(41)42)35(5)15-19;;/h9-10,13,15-18H,11-12,14H2,1-8H3,(H,34,43);8-9,12,14-17H,10-11,13H2,1-7H3,(H,33,43)(H,41,42);2*1H4. The Bertz CT molecular complexity index is 3810. The molecule has 0 atom stereocenters. The van der Waals surface area contributed by atoms with Gasteiger partial charge in [0.1, 0.15) is 16.9 Å². The van der Waals surface area contributed by atoms with Gasteiger partial charge in [-0.25, -0.2) is 24.4 Å². The third-order valence-electron chi connectivity index (χ3n) is 13.8. The van der Waals surface area contributed by atoms with E-state index in [-0.39, 0.29) is 111 Å². The number of carboxylic acids is 1. The monoisotopic (exact) mass is 1240 g/mol. The topological polar surface area (TPSA) is 299 Å². The smallest absolute Gasteiger partial charge is 0.412 e. The van der Waals surface area contributed by atoms with Crippen LogP contribution in [0.2, 0.25) is 0 Å². The van der Waals surface area contributed by atoms with Crippen molar-refractivity contribution < 1.29 is 62.5 Å². The Morgan fingerprint density at radius 2 is 0.667 bits per heavy atom. The average Bonchev–Trinajstić information content (AvgIpc) is 2.15. The van der Waals surface area contributed by atoms with E-state index in [1.807, 2.05) is 0 Å². The number of ketones is 7. The fraction of sp³-hybridized carbons (Fsp3) is 0.385. The van der Waals surface area contributed by atoms with Crippen LogP contribution in [-0.4, -0.2) is 121 Å². The lowest BCUT2D eigenvalue weighted by Gasteiger charge is -2.19. The molecule has 0 aliphatic rings. The van der Waals surface area contributed by atoms with E-state index in [0.717, 1.165) is 5.56 Å². The highest BCUT2D eigenvalue weighted by Crippen LogP contribution is 2.22. The highest BCUT2D eigenvalue weighted by Gasteiger charge is 2.26. The third kappa shape index (κ3) is 18.0. The predicted molar refractivity (Wildman–Crippen MR) is 337 cm³/mol. The molecule has 0 aliphatic carbocycles. The van der Waals surface area contributed by atoms with Crippen molar-refractivity contribution in [2.24, 2.45) is 56.4 Å². The van der Waals surface area contributed by atoms with Crippen LogP contribution in [0.4, 0.5) is 21.0 Å². The van der Waals surface area contributed by atoms with E-state index in [1.54, 1.807) is 210 Å². The van der Waals surface area contributed by atoms with Gasteiger partial charge in [0.15, 0.2) is 40.6 Å². The normalized spacial score (nSPS) is 11.2. The molecule has 0 spiro atoms. The number of Topliss-reactive ketones (excluding diaryl/α,β-unsaturated/α-hetero) is 7. The number of anilines is 2. The Balaban J connectivity index is 0.000000320. The van der Waals surface area contributed by atoms with Crippen molar-refractivity contribution >= 4 is 70.0 Å². The van der Waals surface area contributed by atoms with E-state index in [4.69, 9.17) is 9.47 Å². The van der Waals surface area contributed by atoms with Crippen LogP contribution in [0, 0.1) is 0 Å². The molecule has 480 valence electrons. The second-order valence-corrected chi connectivity index (χ2v) is 23.9. The van der Waals surface area contributed by atoms with Gasteiger partial charge in [0.2, 0.25) is 11.6 Å². The van der Waals surface area contributed by atoms with Crippen LogP contribution in [-0.2, 0) is 104 Å². The van der Waals surface area contributed by atoms with Crippen LogP contribution in [0.1, 0.15) is 181 Å². The molecule has 90 heavy (non-hydrogen) atoms. The summed E-state index contributed by atoms with van der Waals surface area (Å²) < 4.78 is 23.4. The number of hydrogen-bond acceptors (Lipinski definition) is 14. The van der Waals surface area contributed by atoms with E-state index >= 15 is 0 Å². The van der Waals surface area contributed by atoms with Crippen LogP contribution in [0.5, 0.6) is 0 Å². The minimum absolute atomic E-state index is 0. The molecule has 0 fully saturated rings. The van der Waals surface area contributed by atoms with Crippen LogP contribution >= 0.6 is 0 Å². The van der Waals surface area contributed by atoms with Gasteiger partial charge in [0.25, 0.3) is 0 Å². The number of carboxylic acid groups (broad SMARTS) is 1. The fourth-order valence-electron chi connectivity index (χ4n) is 10.0. The second-order valence-electron chi connectivity index (χ2n) is 23.9. The number of hydrogen-bond donors (Lipinski definition) is 3. The quantitative estimate of drug-likeness (QED) is 0.0533. The molecule has 2 amide bonds. The molecule has 0 aliphatic heterocycles. The summed E-state index contributed by atoms with van der Waals surface area (Å²) in [5.74, 6) is -2.14. The summed E-state index contributed by atoms with van der Waals surface area (Å²) in [5.41, 5.74) is 5.14. The summed E-state index contributed by atoms with van der Waals surface area (Å²) in [6, 6.07) is 9.64. The first-order valence-corrected chi connectivity index (χ1v) is 27.9. The van der Waals surface area contributed by atoms with Gasteiger partial charge in [0, 0.05) is 139 Å². The zero-order valence-electron chi connectivity index (χ0n) is 52.1. The van der Waals surface area contributed by atoms with Gasteiger partial charge in [-0.2, -0.15) is 0 Å². The molecule has 0 aromatic carbocycles. The van der Waals surface area contributed by atoms with Gasteiger partial charge >= 0.3 is 18.2 Å². The Morgan fingerprint density at radius 1 is 0.389 bits per heavy atom. The molecule has 25 heteroatoms. The molecule has 0 unspecified atom stereocenters. The van der Waals surface area contributed by atoms with E-state index in [0.29, 0.717) is 67.9 Å². The van der Waals surface area contributed by atoms with Crippen molar-refractivity contribution in [1.82, 2.24) is 46.5 Å². The Morgan fingerprint density at radius 3 is 0.978 bits per heavy atom. The highest BCUT2D eigenvalue weighted by molar-refractivity contribution is 6.02. The first-order valence-electron chi connectivity index (χ1n) is 27.9. The predicted octanol–water partition coefficient (Wildman–Crippen LogP) is 9.29. The molecule has 0 saturated carbocycles. The number of aryl methyl sites for hydroxylation is 8. The lowest BCUT2D eigenvalue weighted by Crippen LogP contribution is -2.27. The molecule has 0 saturated heterocycles. The minimum atomic E-state index is -1.07. The number of nitrogens with zero attached hydrogens (tertiary/aromatic N) is 10. The number of amides is 2. The van der Waals surface area contributed by atoms with Crippen LogP contribution in [0.3, 0.4) is 0 Å². The van der Waals surface area contributed by atoms with Crippen molar-refractivity contribution in [3.8, 4) is 0 Å². The van der Waals surface area contributed by atoms with Gasteiger partial charge in [-0.15, -0.1) is 0 Å². The molecule has 3 N–H and O–H groups in total. The number of nitrogens with one attached hydrogen (secondary N) is 2. The largest absolute Gasteiger partial charge is 0.477 e. The second kappa shape index (κ2) is 28.3. The van der Waals surface area contributed by atoms with E-state index in [2.05, 4.69) is 20.6 Å². The van der Waals surface area contributed by atoms with Crippen molar-refractivity contribution in [2.75, 3.05) is 10.6 Å². The molecular weight excluding hydrogens is 1160 g/mol.